The molecule has 5 heteroatoms. The van der Waals surface area contributed by atoms with Gasteiger partial charge >= 0.3 is 0 Å². The summed E-state index contributed by atoms with van der Waals surface area (Å²) in [4.78, 5) is 27.0. The molecule has 0 unspecified atom stereocenters. The molecule has 3 rings (SSSR count). The minimum atomic E-state index is -0.531. The van der Waals surface area contributed by atoms with E-state index < -0.39 is 6.04 Å². The number of likely N-dealkylation sites (tertiary alicyclic amines) is 1. The van der Waals surface area contributed by atoms with Crippen molar-refractivity contribution in [3.05, 3.63) is 65.2 Å². The number of nitrogens with one attached hydrogen (secondary N) is 1. The Bertz CT molecular complexity index is 839. The Kier molecular flexibility index (Phi) is 6.91. The number of benzene rings is 2. The summed E-state index contributed by atoms with van der Waals surface area (Å²) < 4.78 is 0. The monoisotopic (exact) mass is 394 g/mol. The molecule has 1 atom stereocenters. The van der Waals surface area contributed by atoms with Gasteiger partial charge in [0, 0.05) is 18.7 Å². The standard InChI is InChI=1S/C24H30N2O3/c1-17-4-3-5-21(16-17)23(28)25-18(2)24(29)26-14-12-20(13-15-26)7-6-19-8-10-22(27)11-9-19/h3-5,8-11,16,18,20,27H,6-7,12-15H2,1-2H3,(H,25,28)/t18-/m0/s1. The second kappa shape index (κ2) is 9.59. The molecule has 5 nitrogen and oxygen atoms in total. The molecule has 2 N–H and O–H groups in total. The fourth-order valence-electron chi connectivity index (χ4n) is 3.88. The predicted octanol–water partition coefficient (Wildman–Crippen LogP) is 3.69. The van der Waals surface area contributed by atoms with Crippen molar-refractivity contribution in [3.63, 3.8) is 0 Å². The maximum absolute atomic E-state index is 12.7. The summed E-state index contributed by atoms with van der Waals surface area (Å²) >= 11 is 0. The van der Waals surface area contributed by atoms with E-state index in [2.05, 4.69) is 5.32 Å². The molecule has 154 valence electrons. The zero-order valence-corrected chi connectivity index (χ0v) is 17.2. The SMILES string of the molecule is Cc1cccc(C(=O)N[C@@H](C)C(=O)N2CCC(CCc3ccc(O)cc3)CC2)c1. The average molecular weight is 395 g/mol. The quantitative estimate of drug-likeness (QED) is 0.785. The number of carbonyl (C=O) groups is 2. The number of phenolic OH excluding ortho intramolecular Hbond substituents is 1. The normalized spacial score (nSPS) is 15.7. The zero-order chi connectivity index (χ0) is 20.8. The molecule has 1 aliphatic rings. The van der Waals surface area contributed by atoms with Gasteiger partial charge < -0.3 is 15.3 Å². The zero-order valence-electron chi connectivity index (χ0n) is 17.2. The molecule has 2 amide bonds. The van der Waals surface area contributed by atoms with Gasteiger partial charge in [-0.05, 0) is 75.3 Å². The fraction of sp³-hybridized carbons (Fsp3) is 0.417. The van der Waals surface area contributed by atoms with Crippen LogP contribution in [0.3, 0.4) is 0 Å². The second-order valence-corrected chi connectivity index (χ2v) is 8.04. The molecule has 2 aromatic rings. The Balaban J connectivity index is 1.44. The maximum Gasteiger partial charge on any atom is 0.251 e. The Morgan fingerprint density at radius 2 is 1.83 bits per heavy atom. The summed E-state index contributed by atoms with van der Waals surface area (Å²) in [5.74, 6) is 0.676. The number of aromatic hydroxyl groups is 1. The molecule has 1 saturated heterocycles. The van der Waals surface area contributed by atoms with E-state index in [0.29, 0.717) is 17.2 Å². The highest BCUT2D eigenvalue weighted by Crippen LogP contribution is 2.23. The molecule has 1 aliphatic heterocycles. The van der Waals surface area contributed by atoms with Crippen LogP contribution in [0.4, 0.5) is 0 Å². The van der Waals surface area contributed by atoms with Crippen LogP contribution in [0.15, 0.2) is 48.5 Å². The number of aryl methyl sites for hydroxylation is 2. The van der Waals surface area contributed by atoms with E-state index in [1.54, 1.807) is 25.1 Å². The Hall–Kier alpha value is -2.82. The van der Waals surface area contributed by atoms with Crippen LogP contribution in [-0.4, -0.2) is 41.0 Å². The van der Waals surface area contributed by atoms with Crippen molar-refractivity contribution < 1.29 is 14.7 Å². The lowest BCUT2D eigenvalue weighted by molar-refractivity contribution is -0.134. The molecule has 0 saturated carbocycles. The van der Waals surface area contributed by atoms with E-state index in [9.17, 15) is 14.7 Å². The van der Waals surface area contributed by atoms with Gasteiger partial charge in [-0.1, -0.05) is 29.8 Å². The van der Waals surface area contributed by atoms with Crippen LogP contribution in [0.1, 0.15) is 47.7 Å². The topological polar surface area (TPSA) is 69.6 Å². The van der Waals surface area contributed by atoms with E-state index in [1.807, 2.05) is 42.2 Å². The third-order valence-corrected chi connectivity index (χ3v) is 5.70. The van der Waals surface area contributed by atoms with Crippen molar-refractivity contribution >= 4 is 11.8 Å². The van der Waals surface area contributed by atoms with Gasteiger partial charge in [0.15, 0.2) is 0 Å². The molecule has 0 aromatic heterocycles. The fourth-order valence-corrected chi connectivity index (χ4v) is 3.88. The van der Waals surface area contributed by atoms with Crippen LogP contribution in [0, 0.1) is 12.8 Å². The van der Waals surface area contributed by atoms with Gasteiger partial charge in [0.25, 0.3) is 5.91 Å². The lowest BCUT2D eigenvalue weighted by Crippen LogP contribution is -2.49. The molecule has 0 aliphatic carbocycles. The molecule has 2 aromatic carbocycles. The van der Waals surface area contributed by atoms with Crippen LogP contribution in [0.25, 0.3) is 0 Å². The number of hydrogen-bond donors (Lipinski definition) is 2. The molecule has 0 spiro atoms. The molecule has 29 heavy (non-hydrogen) atoms. The Morgan fingerprint density at radius 3 is 2.48 bits per heavy atom. The van der Waals surface area contributed by atoms with E-state index in [-0.39, 0.29) is 11.8 Å². The number of hydrogen-bond acceptors (Lipinski definition) is 3. The Morgan fingerprint density at radius 1 is 1.14 bits per heavy atom. The minimum absolute atomic E-state index is 0.0111. The van der Waals surface area contributed by atoms with Gasteiger partial charge in [-0.2, -0.15) is 0 Å². The highest BCUT2D eigenvalue weighted by Gasteiger charge is 2.27. The summed E-state index contributed by atoms with van der Waals surface area (Å²) in [6.07, 6.45) is 4.05. The first kappa shape index (κ1) is 20.9. The number of phenols is 1. The third kappa shape index (κ3) is 5.83. The van der Waals surface area contributed by atoms with Crippen LogP contribution in [0.2, 0.25) is 0 Å². The van der Waals surface area contributed by atoms with Gasteiger partial charge in [-0.3, -0.25) is 9.59 Å². The molecule has 1 heterocycles. The lowest BCUT2D eigenvalue weighted by atomic mass is 9.90. The van der Waals surface area contributed by atoms with Crippen molar-refractivity contribution in [1.82, 2.24) is 10.2 Å². The van der Waals surface area contributed by atoms with Gasteiger partial charge in [-0.25, -0.2) is 0 Å². The van der Waals surface area contributed by atoms with Crippen LogP contribution >= 0.6 is 0 Å². The van der Waals surface area contributed by atoms with Crippen LogP contribution in [-0.2, 0) is 11.2 Å². The largest absolute Gasteiger partial charge is 0.508 e. The first-order chi connectivity index (χ1) is 13.9. The number of rotatable bonds is 6. The van der Waals surface area contributed by atoms with Crippen LogP contribution in [0.5, 0.6) is 5.75 Å². The summed E-state index contributed by atoms with van der Waals surface area (Å²) in [5.41, 5.74) is 2.83. The smallest absolute Gasteiger partial charge is 0.251 e. The number of piperidine rings is 1. The van der Waals surface area contributed by atoms with E-state index >= 15 is 0 Å². The summed E-state index contributed by atoms with van der Waals surface area (Å²) in [7, 11) is 0. The summed E-state index contributed by atoms with van der Waals surface area (Å²) in [5, 5.41) is 12.2. The molecular weight excluding hydrogens is 364 g/mol. The number of amides is 2. The van der Waals surface area contributed by atoms with Crippen molar-refractivity contribution in [2.45, 2.75) is 45.6 Å². The molecular formula is C24H30N2O3. The summed E-state index contributed by atoms with van der Waals surface area (Å²) in [6.45, 7) is 5.18. The number of nitrogens with zero attached hydrogens (tertiary/aromatic N) is 1. The third-order valence-electron chi connectivity index (χ3n) is 5.70. The predicted molar refractivity (Wildman–Crippen MR) is 114 cm³/mol. The van der Waals surface area contributed by atoms with Crippen LogP contribution < -0.4 is 5.32 Å². The van der Waals surface area contributed by atoms with E-state index in [4.69, 9.17) is 0 Å². The van der Waals surface area contributed by atoms with Gasteiger partial charge in [-0.15, -0.1) is 0 Å². The van der Waals surface area contributed by atoms with Crippen molar-refractivity contribution in [1.29, 1.82) is 0 Å². The highest BCUT2D eigenvalue weighted by molar-refractivity contribution is 5.97. The Labute approximate surface area is 172 Å². The lowest BCUT2D eigenvalue weighted by Gasteiger charge is -2.33. The summed E-state index contributed by atoms with van der Waals surface area (Å²) in [6, 6.07) is 14.2. The highest BCUT2D eigenvalue weighted by atomic mass is 16.3. The van der Waals surface area contributed by atoms with Crippen molar-refractivity contribution in [2.75, 3.05) is 13.1 Å². The van der Waals surface area contributed by atoms with Crippen molar-refractivity contribution in [2.24, 2.45) is 5.92 Å². The van der Waals surface area contributed by atoms with Gasteiger partial charge in [0.05, 0.1) is 0 Å². The second-order valence-electron chi connectivity index (χ2n) is 8.04. The van der Waals surface area contributed by atoms with Gasteiger partial charge in [0.1, 0.15) is 11.8 Å². The number of carbonyl (C=O) groups excluding carboxylic acids is 2. The first-order valence-electron chi connectivity index (χ1n) is 10.4. The first-order valence-corrected chi connectivity index (χ1v) is 10.4. The average Bonchev–Trinajstić information content (AvgIpc) is 2.73. The minimum Gasteiger partial charge on any atom is -0.508 e. The molecule has 1 fully saturated rings. The maximum atomic E-state index is 12.7. The van der Waals surface area contributed by atoms with E-state index in [1.165, 1.54) is 5.56 Å². The molecule has 0 radical (unpaired) electrons. The molecule has 0 bridgehead atoms. The van der Waals surface area contributed by atoms with Crippen molar-refractivity contribution in [3.8, 4) is 5.75 Å². The van der Waals surface area contributed by atoms with E-state index in [0.717, 1.165) is 44.3 Å². The van der Waals surface area contributed by atoms with Gasteiger partial charge in [0.2, 0.25) is 5.91 Å².